The molecule has 17 heavy (non-hydrogen) atoms. The zero-order valence-corrected chi connectivity index (χ0v) is 12.2. The van der Waals surface area contributed by atoms with E-state index in [2.05, 4.69) is 51.2 Å². The number of aromatic nitrogens is 2. The molecular weight excluding hydrogens is 210 g/mol. The third-order valence-corrected chi connectivity index (χ3v) is 2.90. The maximum atomic E-state index is 4.22. The summed E-state index contributed by atoms with van der Waals surface area (Å²) in [7, 11) is 1.97. The Labute approximate surface area is 106 Å². The number of rotatable bonds is 5. The number of hydrogen-bond acceptors (Lipinski definition) is 2. The highest BCUT2D eigenvalue weighted by Gasteiger charge is 2.20. The van der Waals surface area contributed by atoms with Crippen molar-refractivity contribution in [2.75, 3.05) is 6.54 Å². The predicted octanol–water partition coefficient (Wildman–Crippen LogP) is 2.77. The van der Waals surface area contributed by atoms with Crippen molar-refractivity contribution in [1.82, 2.24) is 15.1 Å². The van der Waals surface area contributed by atoms with Gasteiger partial charge >= 0.3 is 0 Å². The molecule has 0 unspecified atom stereocenters. The standard InChI is InChI=1S/C14H27N3/c1-13(2,3)15-8-7-14(4,5)9-12-10-16-17(6)11-12/h10-11,15H,7-9H2,1-6H3. The Kier molecular flexibility index (Phi) is 4.36. The molecule has 0 aromatic carbocycles. The van der Waals surface area contributed by atoms with Crippen LogP contribution in [0.5, 0.6) is 0 Å². The minimum Gasteiger partial charge on any atom is -0.312 e. The predicted molar refractivity (Wildman–Crippen MR) is 73.1 cm³/mol. The number of hydrogen-bond donors (Lipinski definition) is 1. The summed E-state index contributed by atoms with van der Waals surface area (Å²) in [5.74, 6) is 0. The summed E-state index contributed by atoms with van der Waals surface area (Å²) in [6.07, 6.45) is 6.35. The highest BCUT2D eigenvalue weighted by molar-refractivity contribution is 5.06. The molecular formula is C14H27N3. The van der Waals surface area contributed by atoms with Crippen LogP contribution in [-0.4, -0.2) is 21.9 Å². The Bertz CT molecular complexity index is 345. The van der Waals surface area contributed by atoms with Gasteiger partial charge in [-0.05, 0) is 51.1 Å². The van der Waals surface area contributed by atoms with E-state index in [4.69, 9.17) is 0 Å². The minimum atomic E-state index is 0.213. The Hall–Kier alpha value is -0.830. The van der Waals surface area contributed by atoms with Crippen LogP contribution in [0.4, 0.5) is 0 Å². The van der Waals surface area contributed by atoms with Crippen molar-refractivity contribution in [2.24, 2.45) is 12.5 Å². The van der Waals surface area contributed by atoms with Crippen molar-refractivity contribution in [3.63, 3.8) is 0 Å². The lowest BCUT2D eigenvalue weighted by Crippen LogP contribution is -2.38. The van der Waals surface area contributed by atoms with Gasteiger partial charge in [-0.3, -0.25) is 4.68 Å². The molecule has 0 spiro atoms. The maximum absolute atomic E-state index is 4.22. The van der Waals surface area contributed by atoms with Gasteiger partial charge in [0.15, 0.2) is 0 Å². The summed E-state index contributed by atoms with van der Waals surface area (Å²) in [5, 5.41) is 7.77. The van der Waals surface area contributed by atoms with Gasteiger partial charge in [-0.2, -0.15) is 5.10 Å². The molecule has 1 rings (SSSR count). The monoisotopic (exact) mass is 237 g/mol. The quantitative estimate of drug-likeness (QED) is 0.853. The Balaban J connectivity index is 2.41. The lowest BCUT2D eigenvalue weighted by Gasteiger charge is -2.27. The molecule has 1 heterocycles. The molecule has 0 aliphatic rings. The van der Waals surface area contributed by atoms with Crippen molar-refractivity contribution < 1.29 is 0 Å². The highest BCUT2D eigenvalue weighted by atomic mass is 15.2. The highest BCUT2D eigenvalue weighted by Crippen LogP contribution is 2.25. The summed E-state index contributed by atoms with van der Waals surface area (Å²) < 4.78 is 1.87. The van der Waals surface area contributed by atoms with Gasteiger partial charge in [-0.1, -0.05) is 13.8 Å². The van der Waals surface area contributed by atoms with Crippen molar-refractivity contribution in [3.8, 4) is 0 Å². The second kappa shape index (κ2) is 5.21. The molecule has 0 atom stereocenters. The molecule has 0 fully saturated rings. The molecule has 1 N–H and O–H groups in total. The van der Waals surface area contributed by atoms with Gasteiger partial charge in [0, 0.05) is 18.8 Å². The van der Waals surface area contributed by atoms with Crippen molar-refractivity contribution in [3.05, 3.63) is 18.0 Å². The van der Waals surface area contributed by atoms with Gasteiger partial charge in [-0.25, -0.2) is 0 Å². The van der Waals surface area contributed by atoms with Crippen molar-refractivity contribution in [1.29, 1.82) is 0 Å². The van der Waals surface area contributed by atoms with E-state index in [9.17, 15) is 0 Å². The van der Waals surface area contributed by atoms with E-state index in [1.54, 1.807) is 0 Å². The largest absolute Gasteiger partial charge is 0.312 e. The first-order valence-electron chi connectivity index (χ1n) is 6.41. The molecule has 0 saturated heterocycles. The molecule has 0 radical (unpaired) electrons. The number of aryl methyl sites for hydroxylation is 1. The molecule has 3 heteroatoms. The van der Waals surface area contributed by atoms with E-state index >= 15 is 0 Å². The van der Waals surface area contributed by atoms with Gasteiger partial charge in [0.2, 0.25) is 0 Å². The molecule has 1 aromatic heterocycles. The fraction of sp³-hybridized carbons (Fsp3) is 0.786. The summed E-state index contributed by atoms with van der Waals surface area (Å²) in [6.45, 7) is 12.3. The summed E-state index contributed by atoms with van der Waals surface area (Å²) >= 11 is 0. The number of nitrogens with zero attached hydrogens (tertiary/aromatic N) is 2. The van der Waals surface area contributed by atoms with Gasteiger partial charge in [-0.15, -0.1) is 0 Å². The van der Waals surface area contributed by atoms with E-state index in [1.807, 2.05) is 17.9 Å². The third-order valence-electron chi connectivity index (χ3n) is 2.90. The maximum Gasteiger partial charge on any atom is 0.0521 e. The van der Waals surface area contributed by atoms with Crippen LogP contribution in [0.3, 0.4) is 0 Å². The first-order chi connectivity index (χ1) is 7.68. The fourth-order valence-corrected chi connectivity index (χ4v) is 1.98. The Morgan fingerprint density at radius 2 is 1.88 bits per heavy atom. The van der Waals surface area contributed by atoms with Crippen LogP contribution in [0.1, 0.15) is 46.6 Å². The lowest BCUT2D eigenvalue weighted by molar-refractivity contribution is 0.302. The average Bonchev–Trinajstić information content (AvgIpc) is 2.47. The van der Waals surface area contributed by atoms with E-state index in [-0.39, 0.29) is 5.54 Å². The second-order valence-electron chi connectivity index (χ2n) is 6.79. The summed E-state index contributed by atoms with van der Waals surface area (Å²) in [4.78, 5) is 0. The van der Waals surface area contributed by atoms with Crippen LogP contribution in [0.15, 0.2) is 12.4 Å². The summed E-state index contributed by atoms with van der Waals surface area (Å²) in [5.41, 5.74) is 1.86. The molecule has 1 aromatic rings. The fourth-order valence-electron chi connectivity index (χ4n) is 1.98. The smallest absolute Gasteiger partial charge is 0.0521 e. The molecule has 0 aliphatic heterocycles. The van der Waals surface area contributed by atoms with E-state index in [0.717, 1.165) is 13.0 Å². The minimum absolute atomic E-state index is 0.213. The SMILES string of the molecule is Cn1cc(CC(C)(C)CCNC(C)(C)C)cn1. The van der Waals surface area contributed by atoms with Crippen LogP contribution in [0, 0.1) is 5.41 Å². The summed E-state index contributed by atoms with van der Waals surface area (Å²) in [6, 6.07) is 0. The van der Waals surface area contributed by atoms with E-state index < -0.39 is 0 Å². The van der Waals surface area contributed by atoms with Crippen LogP contribution >= 0.6 is 0 Å². The third kappa shape index (κ3) is 5.87. The van der Waals surface area contributed by atoms with Crippen LogP contribution in [-0.2, 0) is 13.5 Å². The van der Waals surface area contributed by atoms with Crippen molar-refractivity contribution >= 4 is 0 Å². The average molecular weight is 237 g/mol. The van der Waals surface area contributed by atoms with Gasteiger partial charge in [0.1, 0.15) is 0 Å². The van der Waals surface area contributed by atoms with Gasteiger partial charge in [0.25, 0.3) is 0 Å². The molecule has 0 amide bonds. The molecule has 0 saturated carbocycles. The Morgan fingerprint density at radius 1 is 1.24 bits per heavy atom. The topological polar surface area (TPSA) is 29.9 Å². The Morgan fingerprint density at radius 3 is 2.35 bits per heavy atom. The van der Waals surface area contributed by atoms with E-state index in [1.165, 1.54) is 12.0 Å². The first-order valence-corrected chi connectivity index (χ1v) is 6.41. The second-order valence-corrected chi connectivity index (χ2v) is 6.79. The number of nitrogens with one attached hydrogen (secondary N) is 1. The van der Waals surface area contributed by atoms with Crippen LogP contribution < -0.4 is 5.32 Å². The molecule has 3 nitrogen and oxygen atoms in total. The van der Waals surface area contributed by atoms with E-state index in [0.29, 0.717) is 5.41 Å². The lowest BCUT2D eigenvalue weighted by atomic mass is 9.83. The van der Waals surface area contributed by atoms with Crippen molar-refractivity contribution in [2.45, 2.75) is 53.0 Å². The molecule has 98 valence electrons. The normalized spacial score (nSPS) is 13.1. The first kappa shape index (κ1) is 14.2. The van der Waals surface area contributed by atoms with Gasteiger partial charge in [0.05, 0.1) is 6.20 Å². The van der Waals surface area contributed by atoms with Gasteiger partial charge < -0.3 is 5.32 Å². The molecule has 0 aliphatic carbocycles. The zero-order valence-electron chi connectivity index (χ0n) is 12.2. The van der Waals surface area contributed by atoms with Crippen LogP contribution in [0.25, 0.3) is 0 Å². The zero-order chi connectivity index (χ0) is 13.1. The van der Waals surface area contributed by atoms with Crippen LogP contribution in [0.2, 0.25) is 0 Å². The molecule has 0 bridgehead atoms.